The molecule has 0 bridgehead atoms. The van der Waals surface area contributed by atoms with Crippen LogP contribution in [0.2, 0.25) is 5.02 Å². The van der Waals surface area contributed by atoms with Crippen LogP contribution in [0.15, 0.2) is 36.5 Å². The molecule has 3 N–H and O–H groups in total. The number of pyridine rings is 1. The van der Waals surface area contributed by atoms with Gasteiger partial charge < -0.3 is 6.15 Å². The topological polar surface area (TPSA) is 47.9 Å². The Hall–Kier alpha value is -1.12. The van der Waals surface area contributed by atoms with Crippen LogP contribution in [0.5, 0.6) is 0 Å². The van der Waals surface area contributed by atoms with E-state index in [-0.39, 0.29) is 6.15 Å². The van der Waals surface area contributed by atoms with E-state index in [1.807, 2.05) is 30.3 Å². The van der Waals surface area contributed by atoms with Crippen molar-refractivity contribution in [1.82, 2.24) is 11.1 Å². The maximum absolute atomic E-state index is 5.79. The van der Waals surface area contributed by atoms with Crippen LogP contribution in [-0.2, 0) is 0 Å². The molecule has 0 spiro atoms. The highest BCUT2D eigenvalue weighted by molar-refractivity contribution is 6.31. The molecule has 2 aromatic rings. The molecule has 62 valence electrons. The number of nitrogens with zero attached hydrogens (tertiary/aromatic N) is 1. The van der Waals surface area contributed by atoms with E-state index < -0.39 is 0 Å². The van der Waals surface area contributed by atoms with Gasteiger partial charge in [-0.05, 0) is 24.3 Å². The first-order valence-electron chi connectivity index (χ1n) is 3.36. The lowest BCUT2D eigenvalue weighted by Crippen LogP contribution is -1.75. The van der Waals surface area contributed by atoms with E-state index in [2.05, 4.69) is 4.98 Å². The van der Waals surface area contributed by atoms with Crippen LogP contribution in [0.1, 0.15) is 0 Å². The van der Waals surface area contributed by atoms with Crippen molar-refractivity contribution in [2.75, 3.05) is 0 Å². The molecule has 0 amide bonds. The zero-order valence-electron chi connectivity index (χ0n) is 6.50. The Bertz CT molecular complexity index is 387. The summed E-state index contributed by atoms with van der Waals surface area (Å²) in [5, 5.41) is 1.84. The number of aromatic nitrogens is 1. The molecular formula is C9H9ClN2. The molecule has 1 heterocycles. The number of rotatable bonds is 0. The fraction of sp³-hybridized carbons (Fsp3) is 0. The van der Waals surface area contributed by atoms with Gasteiger partial charge >= 0.3 is 0 Å². The number of hydrogen-bond donors (Lipinski definition) is 1. The van der Waals surface area contributed by atoms with E-state index in [0.717, 1.165) is 15.9 Å². The van der Waals surface area contributed by atoms with Crippen LogP contribution >= 0.6 is 11.6 Å². The summed E-state index contributed by atoms with van der Waals surface area (Å²) in [6.07, 6.45) is 1.77. The van der Waals surface area contributed by atoms with E-state index in [9.17, 15) is 0 Å². The highest BCUT2D eigenvalue weighted by Crippen LogP contribution is 2.16. The minimum Gasteiger partial charge on any atom is -0.344 e. The van der Waals surface area contributed by atoms with Crippen LogP contribution in [0.3, 0.4) is 0 Å². The molecule has 3 heteroatoms. The molecule has 0 unspecified atom stereocenters. The number of benzene rings is 1. The smallest absolute Gasteiger partial charge is 0.0702 e. The van der Waals surface area contributed by atoms with Gasteiger partial charge in [0.15, 0.2) is 0 Å². The molecule has 0 atom stereocenters. The Morgan fingerprint density at radius 3 is 2.83 bits per heavy atom. The molecular weight excluding hydrogens is 172 g/mol. The lowest BCUT2D eigenvalue weighted by molar-refractivity contribution is 1.41. The second-order valence-corrected chi connectivity index (χ2v) is 2.78. The maximum atomic E-state index is 5.79. The van der Waals surface area contributed by atoms with E-state index in [4.69, 9.17) is 11.6 Å². The van der Waals surface area contributed by atoms with Gasteiger partial charge in [0.05, 0.1) is 5.52 Å². The summed E-state index contributed by atoms with van der Waals surface area (Å²) in [5.41, 5.74) is 0.983. The fourth-order valence-corrected chi connectivity index (χ4v) is 1.23. The van der Waals surface area contributed by atoms with Crippen molar-refractivity contribution in [2.24, 2.45) is 0 Å². The minimum atomic E-state index is 0. The van der Waals surface area contributed by atoms with Gasteiger partial charge in [-0.2, -0.15) is 0 Å². The number of halogens is 1. The largest absolute Gasteiger partial charge is 0.344 e. The van der Waals surface area contributed by atoms with E-state index in [1.165, 1.54) is 0 Å². The van der Waals surface area contributed by atoms with Gasteiger partial charge in [0.1, 0.15) is 0 Å². The average Bonchev–Trinajstić information content (AvgIpc) is 2.04. The van der Waals surface area contributed by atoms with Crippen molar-refractivity contribution in [2.45, 2.75) is 0 Å². The Morgan fingerprint density at radius 1 is 1.17 bits per heavy atom. The first-order valence-corrected chi connectivity index (χ1v) is 3.74. The Labute approximate surface area is 75.8 Å². The normalized spacial score (nSPS) is 9.42. The lowest BCUT2D eigenvalue weighted by atomic mass is 10.2. The molecule has 0 aliphatic carbocycles. The second-order valence-electron chi connectivity index (χ2n) is 2.34. The quantitative estimate of drug-likeness (QED) is 0.678. The maximum Gasteiger partial charge on any atom is 0.0702 e. The van der Waals surface area contributed by atoms with Crippen LogP contribution in [-0.4, -0.2) is 4.98 Å². The predicted octanol–water partition coefficient (Wildman–Crippen LogP) is 3.05. The standard InChI is InChI=1S/C9H6ClN.H3N/c10-8-3-4-9-7(6-8)2-1-5-11-9;/h1-6H;1H3. The minimum absolute atomic E-state index is 0. The van der Waals surface area contributed by atoms with Crippen LogP contribution < -0.4 is 6.15 Å². The van der Waals surface area contributed by atoms with Gasteiger partial charge in [0.2, 0.25) is 0 Å². The van der Waals surface area contributed by atoms with Gasteiger partial charge in [-0.1, -0.05) is 17.7 Å². The molecule has 0 fully saturated rings. The summed E-state index contributed by atoms with van der Waals surface area (Å²) in [4.78, 5) is 4.16. The van der Waals surface area contributed by atoms with Gasteiger partial charge in [-0.15, -0.1) is 0 Å². The Morgan fingerprint density at radius 2 is 2.00 bits per heavy atom. The third-order valence-electron chi connectivity index (χ3n) is 1.57. The summed E-state index contributed by atoms with van der Waals surface area (Å²) in [6, 6.07) is 9.56. The molecule has 0 saturated heterocycles. The molecule has 2 nitrogen and oxygen atoms in total. The van der Waals surface area contributed by atoms with E-state index in [1.54, 1.807) is 6.20 Å². The zero-order valence-corrected chi connectivity index (χ0v) is 7.25. The summed E-state index contributed by atoms with van der Waals surface area (Å²) in [5.74, 6) is 0. The summed E-state index contributed by atoms with van der Waals surface area (Å²) in [7, 11) is 0. The van der Waals surface area contributed by atoms with E-state index >= 15 is 0 Å². The molecule has 0 aliphatic heterocycles. The molecule has 0 saturated carbocycles. The Kier molecular flexibility index (Phi) is 2.63. The average molecular weight is 181 g/mol. The van der Waals surface area contributed by atoms with Gasteiger partial charge in [-0.3, -0.25) is 4.98 Å². The molecule has 2 rings (SSSR count). The summed E-state index contributed by atoms with van der Waals surface area (Å²) in [6.45, 7) is 0. The van der Waals surface area contributed by atoms with Crippen molar-refractivity contribution in [3.63, 3.8) is 0 Å². The first-order chi connectivity index (χ1) is 5.36. The summed E-state index contributed by atoms with van der Waals surface area (Å²) < 4.78 is 0. The predicted molar refractivity (Wildman–Crippen MR) is 51.8 cm³/mol. The Balaban J connectivity index is 0.000000720. The van der Waals surface area contributed by atoms with E-state index in [0.29, 0.717) is 0 Å². The molecule has 0 aliphatic rings. The number of hydrogen-bond acceptors (Lipinski definition) is 2. The van der Waals surface area contributed by atoms with Gasteiger partial charge in [0.25, 0.3) is 0 Å². The van der Waals surface area contributed by atoms with Crippen molar-refractivity contribution < 1.29 is 0 Å². The van der Waals surface area contributed by atoms with Crippen molar-refractivity contribution in [3.8, 4) is 0 Å². The van der Waals surface area contributed by atoms with Crippen molar-refractivity contribution >= 4 is 22.5 Å². The van der Waals surface area contributed by atoms with Crippen LogP contribution in [0.25, 0.3) is 10.9 Å². The molecule has 12 heavy (non-hydrogen) atoms. The fourth-order valence-electron chi connectivity index (χ4n) is 1.05. The first kappa shape index (κ1) is 8.97. The lowest BCUT2D eigenvalue weighted by Gasteiger charge is -1.94. The highest BCUT2D eigenvalue weighted by Gasteiger charge is 1.92. The molecule has 0 radical (unpaired) electrons. The molecule has 1 aromatic carbocycles. The van der Waals surface area contributed by atoms with Crippen molar-refractivity contribution in [3.05, 3.63) is 41.6 Å². The van der Waals surface area contributed by atoms with Gasteiger partial charge in [-0.25, -0.2) is 0 Å². The van der Waals surface area contributed by atoms with Gasteiger partial charge in [0, 0.05) is 16.6 Å². The number of fused-ring (bicyclic) bond motifs is 1. The van der Waals surface area contributed by atoms with Crippen molar-refractivity contribution in [1.29, 1.82) is 0 Å². The SMILES string of the molecule is Clc1ccc2ncccc2c1.N. The third-order valence-corrected chi connectivity index (χ3v) is 1.80. The summed E-state index contributed by atoms with van der Waals surface area (Å²) >= 11 is 5.79. The highest BCUT2D eigenvalue weighted by atomic mass is 35.5. The zero-order chi connectivity index (χ0) is 7.68. The molecule has 1 aromatic heterocycles. The third kappa shape index (κ3) is 1.55. The van der Waals surface area contributed by atoms with Crippen LogP contribution in [0.4, 0.5) is 0 Å². The monoisotopic (exact) mass is 180 g/mol. The van der Waals surface area contributed by atoms with Crippen LogP contribution in [0, 0.1) is 0 Å². The second kappa shape index (κ2) is 3.52.